The molecule has 1 aromatic rings. The van der Waals surface area contributed by atoms with Gasteiger partial charge in [-0.3, -0.25) is 0 Å². The molecule has 1 aliphatic carbocycles. The highest BCUT2D eigenvalue weighted by Gasteiger charge is 2.29. The number of unbranched alkanes of at least 4 members (excludes halogenated alkanes) is 1. The van der Waals surface area contributed by atoms with Crippen molar-refractivity contribution in [2.75, 3.05) is 40.4 Å². The van der Waals surface area contributed by atoms with Crippen LogP contribution in [0.5, 0.6) is 0 Å². The topological polar surface area (TPSA) is 53.6 Å². The number of methoxy groups -OCH3 is 1. The number of carbonyl (C=O) groups excluding carboxylic acids is 1. The third-order valence-corrected chi connectivity index (χ3v) is 7.74. The molecular weight excluding hydrogens is 465 g/mol. The Morgan fingerprint density at radius 2 is 2.06 bits per heavy atom. The molecule has 0 spiro atoms. The quantitative estimate of drug-likeness (QED) is 0.347. The summed E-state index contributed by atoms with van der Waals surface area (Å²) in [5.74, 6) is 0.394. The minimum atomic E-state index is -0.379. The number of piperidine rings is 1. The second-order valence-corrected chi connectivity index (χ2v) is 10.5. The van der Waals surface area contributed by atoms with Gasteiger partial charge in [0.2, 0.25) is 0 Å². The molecular formula is C28H43ClFN3O2. The number of urea groups is 1. The van der Waals surface area contributed by atoms with E-state index in [9.17, 15) is 4.79 Å². The Bertz CT molecular complexity index is 828. The second kappa shape index (κ2) is 14.8. The van der Waals surface area contributed by atoms with Crippen LogP contribution in [-0.4, -0.2) is 57.4 Å². The molecule has 196 valence electrons. The number of likely N-dealkylation sites (tertiary alicyclic amines) is 1. The second-order valence-electron chi connectivity index (χ2n) is 10.1. The van der Waals surface area contributed by atoms with E-state index in [2.05, 4.69) is 16.7 Å². The van der Waals surface area contributed by atoms with Crippen LogP contribution in [0, 0.1) is 17.7 Å². The molecule has 1 saturated heterocycles. The summed E-state index contributed by atoms with van der Waals surface area (Å²) in [6.45, 7) is 2.75. The van der Waals surface area contributed by atoms with Gasteiger partial charge < -0.3 is 20.3 Å². The first-order valence-corrected chi connectivity index (χ1v) is 13.7. The van der Waals surface area contributed by atoms with E-state index in [0.717, 1.165) is 50.8 Å². The molecule has 5 nitrogen and oxygen atoms in total. The fourth-order valence-electron chi connectivity index (χ4n) is 5.65. The van der Waals surface area contributed by atoms with Gasteiger partial charge in [-0.25, -0.2) is 9.18 Å². The van der Waals surface area contributed by atoms with Gasteiger partial charge in [0.1, 0.15) is 5.82 Å². The standard InChI is InChI=1S/C28H43ClFN3O2/c1-31-19-23(18-21-10-4-3-5-11-21)32-28(34)33-16-9-12-22(20-33)24(13-6-7-17-35-2)25-14-8-15-26(29)27(25)30/h8,13-15,21-23,31H,3-7,9-12,16-20H2,1-2H3,(H,32,34)/b24-13-/t22-,23+/m1/s1. The summed E-state index contributed by atoms with van der Waals surface area (Å²) >= 11 is 6.12. The fraction of sp³-hybridized carbons (Fsp3) is 0.679. The summed E-state index contributed by atoms with van der Waals surface area (Å²) in [5.41, 5.74) is 1.50. The molecule has 1 heterocycles. The van der Waals surface area contributed by atoms with Gasteiger partial charge >= 0.3 is 6.03 Å². The average molecular weight is 508 g/mol. The Morgan fingerprint density at radius 1 is 1.26 bits per heavy atom. The van der Waals surface area contributed by atoms with E-state index in [0.29, 0.717) is 24.6 Å². The molecule has 1 aliphatic heterocycles. The summed E-state index contributed by atoms with van der Waals surface area (Å²) in [4.78, 5) is 15.2. The highest BCUT2D eigenvalue weighted by molar-refractivity contribution is 6.30. The lowest BCUT2D eigenvalue weighted by atomic mass is 9.84. The molecule has 7 heteroatoms. The molecule has 2 atom stereocenters. The van der Waals surface area contributed by atoms with Crippen molar-refractivity contribution in [1.29, 1.82) is 0 Å². The van der Waals surface area contributed by atoms with Crippen molar-refractivity contribution in [3.63, 3.8) is 0 Å². The first kappa shape index (κ1) is 27.9. The Morgan fingerprint density at radius 3 is 2.80 bits per heavy atom. The zero-order valence-corrected chi connectivity index (χ0v) is 22.2. The van der Waals surface area contributed by atoms with Crippen molar-refractivity contribution < 1.29 is 13.9 Å². The van der Waals surface area contributed by atoms with Crippen LogP contribution in [0.3, 0.4) is 0 Å². The lowest BCUT2D eigenvalue weighted by molar-refractivity contribution is 0.169. The summed E-state index contributed by atoms with van der Waals surface area (Å²) in [6.07, 6.45) is 13.1. The van der Waals surface area contributed by atoms with Crippen molar-refractivity contribution in [2.24, 2.45) is 11.8 Å². The average Bonchev–Trinajstić information content (AvgIpc) is 2.87. The van der Waals surface area contributed by atoms with Gasteiger partial charge in [0, 0.05) is 50.9 Å². The van der Waals surface area contributed by atoms with Crippen LogP contribution < -0.4 is 10.6 Å². The van der Waals surface area contributed by atoms with Crippen LogP contribution >= 0.6 is 11.6 Å². The number of halogens is 2. The van der Waals surface area contributed by atoms with Crippen LogP contribution in [0.1, 0.15) is 69.8 Å². The Balaban J connectivity index is 1.69. The number of benzene rings is 1. The number of nitrogens with one attached hydrogen (secondary N) is 2. The predicted molar refractivity (Wildman–Crippen MR) is 142 cm³/mol. The molecule has 2 N–H and O–H groups in total. The Hall–Kier alpha value is -1.63. The van der Waals surface area contributed by atoms with Gasteiger partial charge in [-0.1, -0.05) is 61.9 Å². The first-order valence-electron chi connectivity index (χ1n) is 13.4. The molecule has 35 heavy (non-hydrogen) atoms. The number of amides is 2. The third kappa shape index (κ3) is 8.47. The van der Waals surface area contributed by atoms with E-state index < -0.39 is 0 Å². The minimum absolute atomic E-state index is 0.00365. The van der Waals surface area contributed by atoms with Gasteiger partial charge in [-0.2, -0.15) is 0 Å². The van der Waals surface area contributed by atoms with E-state index in [1.54, 1.807) is 25.3 Å². The van der Waals surface area contributed by atoms with Gasteiger partial charge in [0.15, 0.2) is 0 Å². The smallest absolute Gasteiger partial charge is 0.317 e. The van der Waals surface area contributed by atoms with Crippen LogP contribution in [0.25, 0.3) is 5.57 Å². The lowest BCUT2D eigenvalue weighted by Gasteiger charge is -2.36. The highest BCUT2D eigenvalue weighted by Crippen LogP contribution is 2.35. The molecule has 2 amide bonds. The Kier molecular flexibility index (Phi) is 11.8. The SMILES string of the molecule is CNC[C@H](CC1CCCCC1)NC(=O)N1CCC[C@@H](/C(=C/CCCOC)c2cccc(Cl)c2F)C1. The van der Waals surface area contributed by atoms with Gasteiger partial charge in [-0.15, -0.1) is 0 Å². The zero-order chi connectivity index (χ0) is 25.0. The molecule has 1 aromatic carbocycles. The summed E-state index contributed by atoms with van der Waals surface area (Å²) in [5, 5.41) is 6.69. The molecule has 0 radical (unpaired) electrons. The normalized spacial score (nSPS) is 20.6. The summed E-state index contributed by atoms with van der Waals surface area (Å²) in [6, 6.07) is 5.30. The molecule has 0 bridgehead atoms. The van der Waals surface area contributed by atoms with Gasteiger partial charge in [0.25, 0.3) is 0 Å². The summed E-state index contributed by atoms with van der Waals surface area (Å²) < 4.78 is 20.2. The van der Waals surface area contributed by atoms with Crippen LogP contribution in [0.2, 0.25) is 5.02 Å². The number of carbonyl (C=O) groups is 1. The van der Waals surface area contributed by atoms with E-state index in [1.165, 1.54) is 32.1 Å². The van der Waals surface area contributed by atoms with Crippen molar-refractivity contribution in [3.8, 4) is 0 Å². The van der Waals surface area contributed by atoms with E-state index >= 15 is 4.39 Å². The number of allylic oxidation sites excluding steroid dienone is 1. The number of likely N-dealkylation sites (N-methyl/N-ethyl adjacent to an activating group) is 1. The number of rotatable bonds is 11. The molecule has 0 unspecified atom stereocenters. The van der Waals surface area contributed by atoms with E-state index in [4.69, 9.17) is 16.3 Å². The number of hydrogen-bond acceptors (Lipinski definition) is 3. The molecule has 2 fully saturated rings. The molecule has 1 saturated carbocycles. The number of ether oxygens (including phenoxy) is 1. The number of nitrogens with zero attached hydrogens (tertiary/aromatic N) is 1. The van der Waals surface area contributed by atoms with Crippen molar-refractivity contribution in [1.82, 2.24) is 15.5 Å². The van der Waals surface area contributed by atoms with Gasteiger partial charge in [-0.05, 0) is 56.7 Å². The maximum absolute atomic E-state index is 15.0. The maximum Gasteiger partial charge on any atom is 0.317 e. The minimum Gasteiger partial charge on any atom is -0.385 e. The molecule has 3 rings (SSSR count). The molecule has 2 aliphatic rings. The summed E-state index contributed by atoms with van der Waals surface area (Å²) in [7, 11) is 3.63. The van der Waals surface area contributed by atoms with Crippen molar-refractivity contribution >= 4 is 23.2 Å². The lowest BCUT2D eigenvalue weighted by Crippen LogP contribution is -2.51. The first-order chi connectivity index (χ1) is 17.0. The van der Waals surface area contributed by atoms with Crippen LogP contribution in [0.15, 0.2) is 24.3 Å². The fourth-order valence-corrected chi connectivity index (χ4v) is 5.83. The Labute approximate surface area is 215 Å². The van der Waals surface area contributed by atoms with Crippen LogP contribution in [0.4, 0.5) is 9.18 Å². The largest absolute Gasteiger partial charge is 0.385 e. The predicted octanol–water partition coefficient (Wildman–Crippen LogP) is 6.27. The molecule has 0 aromatic heterocycles. The van der Waals surface area contributed by atoms with Crippen molar-refractivity contribution in [2.45, 2.75) is 70.3 Å². The van der Waals surface area contributed by atoms with E-state index in [-0.39, 0.29) is 28.8 Å². The number of hydrogen-bond donors (Lipinski definition) is 2. The third-order valence-electron chi connectivity index (χ3n) is 7.45. The zero-order valence-electron chi connectivity index (χ0n) is 21.5. The van der Waals surface area contributed by atoms with Gasteiger partial charge in [0.05, 0.1) is 5.02 Å². The van der Waals surface area contributed by atoms with Crippen molar-refractivity contribution in [3.05, 3.63) is 40.7 Å². The van der Waals surface area contributed by atoms with E-state index in [1.807, 2.05) is 11.9 Å². The highest BCUT2D eigenvalue weighted by atomic mass is 35.5. The monoisotopic (exact) mass is 507 g/mol. The van der Waals surface area contributed by atoms with Crippen LogP contribution in [-0.2, 0) is 4.74 Å². The maximum atomic E-state index is 15.0.